The highest BCUT2D eigenvalue weighted by atomic mass is 35.5. The summed E-state index contributed by atoms with van der Waals surface area (Å²) in [5.74, 6) is -2.88. The van der Waals surface area contributed by atoms with Gasteiger partial charge in [-0.3, -0.25) is 4.79 Å². The topological polar surface area (TPSA) is 55.1 Å². The average molecular weight is 283 g/mol. The lowest BCUT2D eigenvalue weighted by atomic mass is 10.2. The van der Waals surface area contributed by atoms with Crippen LogP contribution < -0.4 is 11.1 Å². The fourth-order valence-electron chi connectivity index (χ4n) is 1.48. The Hall–Kier alpha value is -2.14. The smallest absolute Gasteiger partial charge is 0.255 e. The summed E-state index contributed by atoms with van der Waals surface area (Å²) in [6.45, 7) is 0. The number of carbonyl (C=O) groups is 1. The summed E-state index contributed by atoms with van der Waals surface area (Å²) in [7, 11) is 0. The molecule has 2 rings (SSSR count). The number of halogens is 3. The van der Waals surface area contributed by atoms with Crippen molar-refractivity contribution in [3.8, 4) is 0 Å². The zero-order chi connectivity index (χ0) is 14.0. The molecular weight excluding hydrogens is 274 g/mol. The Bertz CT molecular complexity index is 629. The van der Waals surface area contributed by atoms with Gasteiger partial charge in [0.1, 0.15) is 5.69 Å². The van der Waals surface area contributed by atoms with Crippen LogP contribution >= 0.6 is 11.6 Å². The number of hydrogen-bond acceptors (Lipinski definition) is 2. The van der Waals surface area contributed by atoms with E-state index < -0.39 is 17.5 Å². The number of nitrogens with one attached hydrogen (secondary N) is 1. The first-order valence-electron chi connectivity index (χ1n) is 5.29. The van der Waals surface area contributed by atoms with Gasteiger partial charge in [0, 0.05) is 10.6 Å². The van der Waals surface area contributed by atoms with Crippen molar-refractivity contribution in [3.63, 3.8) is 0 Å². The maximum absolute atomic E-state index is 13.5. The predicted octanol–water partition coefficient (Wildman–Crippen LogP) is 3.45. The van der Waals surface area contributed by atoms with Crippen molar-refractivity contribution >= 4 is 28.9 Å². The molecular formula is C13H9ClF2N2O. The SMILES string of the molecule is Nc1ccc(F)c(F)c1NC(=O)c1ccc(Cl)cc1. The number of nitrogen functional groups attached to an aromatic ring is 1. The molecule has 0 unspecified atom stereocenters. The Morgan fingerprint density at radius 1 is 1.11 bits per heavy atom. The highest BCUT2D eigenvalue weighted by Gasteiger charge is 2.15. The molecule has 0 spiro atoms. The molecule has 6 heteroatoms. The number of hydrogen-bond donors (Lipinski definition) is 2. The van der Waals surface area contributed by atoms with Crippen molar-refractivity contribution in [2.75, 3.05) is 11.1 Å². The van der Waals surface area contributed by atoms with E-state index in [1.165, 1.54) is 30.3 Å². The predicted molar refractivity (Wildman–Crippen MR) is 70.2 cm³/mol. The van der Waals surface area contributed by atoms with Gasteiger partial charge in [-0.2, -0.15) is 0 Å². The van der Waals surface area contributed by atoms with Crippen LogP contribution in [-0.4, -0.2) is 5.91 Å². The zero-order valence-corrected chi connectivity index (χ0v) is 10.3. The molecule has 0 aliphatic rings. The lowest BCUT2D eigenvalue weighted by Crippen LogP contribution is -2.15. The number of nitrogens with two attached hydrogens (primary N) is 1. The molecule has 0 fully saturated rings. The molecule has 0 aliphatic carbocycles. The van der Waals surface area contributed by atoms with E-state index in [0.29, 0.717) is 5.02 Å². The van der Waals surface area contributed by atoms with E-state index in [4.69, 9.17) is 17.3 Å². The van der Waals surface area contributed by atoms with E-state index in [2.05, 4.69) is 5.32 Å². The van der Waals surface area contributed by atoms with Crippen molar-refractivity contribution in [2.45, 2.75) is 0 Å². The maximum atomic E-state index is 13.5. The Kier molecular flexibility index (Phi) is 3.66. The van der Waals surface area contributed by atoms with E-state index in [1.807, 2.05) is 0 Å². The van der Waals surface area contributed by atoms with E-state index in [-0.39, 0.29) is 16.9 Å². The van der Waals surface area contributed by atoms with Crippen molar-refractivity contribution in [1.29, 1.82) is 0 Å². The average Bonchev–Trinajstić information content (AvgIpc) is 2.40. The Labute approximate surface area is 113 Å². The molecule has 19 heavy (non-hydrogen) atoms. The Morgan fingerprint density at radius 2 is 1.74 bits per heavy atom. The maximum Gasteiger partial charge on any atom is 0.255 e. The standard InChI is InChI=1S/C13H9ClF2N2O/c14-8-3-1-7(2-4-8)13(19)18-12-10(17)6-5-9(15)11(12)16/h1-6H,17H2,(H,18,19). The second-order valence-electron chi connectivity index (χ2n) is 3.79. The van der Waals surface area contributed by atoms with Crippen molar-refractivity contribution in [2.24, 2.45) is 0 Å². The van der Waals surface area contributed by atoms with Crippen LogP contribution in [0.15, 0.2) is 36.4 Å². The molecule has 0 heterocycles. The molecule has 2 aromatic carbocycles. The van der Waals surface area contributed by atoms with Gasteiger partial charge in [0.2, 0.25) is 0 Å². The van der Waals surface area contributed by atoms with Gasteiger partial charge in [-0.25, -0.2) is 8.78 Å². The summed E-state index contributed by atoms with van der Waals surface area (Å²) in [6.07, 6.45) is 0. The van der Waals surface area contributed by atoms with Gasteiger partial charge in [-0.1, -0.05) is 11.6 Å². The number of benzene rings is 2. The monoisotopic (exact) mass is 282 g/mol. The number of amides is 1. The third kappa shape index (κ3) is 2.82. The second-order valence-corrected chi connectivity index (χ2v) is 4.22. The van der Waals surface area contributed by atoms with Gasteiger partial charge in [-0.15, -0.1) is 0 Å². The third-order valence-corrected chi connectivity index (χ3v) is 2.72. The van der Waals surface area contributed by atoms with Gasteiger partial charge in [-0.05, 0) is 36.4 Å². The fourth-order valence-corrected chi connectivity index (χ4v) is 1.61. The molecule has 0 saturated carbocycles. The molecule has 3 N–H and O–H groups in total. The summed E-state index contributed by atoms with van der Waals surface area (Å²) < 4.78 is 26.6. The summed E-state index contributed by atoms with van der Waals surface area (Å²) in [6, 6.07) is 8.03. The number of anilines is 2. The van der Waals surface area contributed by atoms with Crippen molar-refractivity contribution in [3.05, 3.63) is 58.6 Å². The Morgan fingerprint density at radius 3 is 2.37 bits per heavy atom. The molecule has 0 bridgehead atoms. The summed E-state index contributed by atoms with van der Waals surface area (Å²) in [5, 5.41) is 2.70. The molecule has 3 nitrogen and oxygen atoms in total. The summed E-state index contributed by atoms with van der Waals surface area (Å²) >= 11 is 5.69. The highest BCUT2D eigenvalue weighted by Crippen LogP contribution is 2.25. The quantitative estimate of drug-likeness (QED) is 0.829. The van der Waals surface area contributed by atoms with Gasteiger partial charge in [0.15, 0.2) is 11.6 Å². The van der Waals surface area contributed by atoms with Crippen LogP contribution in [0, 0.1) is 11.6 Å². The minimum Gasteiger partial charge on any atom is -0.397 e. The van der Waals surface area contributed by atoms with Gasteiger partial charge < -0.3 is 11.1 Å². The van der Waals surface area contributed by atoms with Crippen LogP contribution in [0.5, 0.6) is 0 Å². The molecule has 0 aliphatic heterocycles. The molecule has 1 amide bonds. The van der Waals surface area contributed by atoms with Crippen LogP contribution in [0.2, 0.25) is 5.02 Å². The first kappa shape index (κ1) is 13.3. The molecule has 0 radical (unpaired) electrons. The van der Waals surface area contributed by atoms with Crippen LogP contribution in [0.4, 0.5) is 20.2 Å². The van der Waals surface area contributed by atoms with E-state index >= 15 is 0 Å². The second kappa shape index (κ2) is 5.24. The molecule has 98 valence electrons. The largest absolute Gasteiger partial charge is 0.397 e. The lowest BCUT2D eigenvalue weighted by molar-refractivity contribution is 0.102. The van der Waals surface area contributed by atoms with Crippen molar-refractivity contribution in [1.82, 2.24) is 0 Å². The third-order valence-electron chi connectivity index (χ3n) is 2.47. The molecule has 0 saturated heterocycles. The normalized spacial score (nSPS) is 10.3. The highest BCUT2D eigenvalue weighted by molar-refractivity contribution is 6.30. The minimum atomic E-state index is -1.19. The molecule has 2 aromatic rings. The van der Waals surface area contributed by atoms with E-state index in [0.717, 1.165) is 6.07 Å². The van der Waals surface area contributed by atoms with E-state index in [1.54, 1.807) is 0 Å². The minimum absolute atomic E-state index is 0.0544. The van der Waals surface area contributed by atoms with Crippen molar-refractivity contribution < 1.29 is 13.6 Å². The number of rotatable bonds is 2. The van der Waals surface area contributed by atoms with Crippen LogP contribution in [0.1, 0.15) is 10.4 Å². The van der Waals surface area contributed by atoms with Gasteiger partial charge >= 0.3 is 0 Å². The fraction of sp³-hybridized carbons (Fsp3) is 0. The first-order valence-corrected chi connectivity index (χ1v) is 5.67. The first-order chi connectivity index (χ1) is 8.99. The van der Waals surface area contributed by atoms with Gasteiger partial charge in [0.25, 0.3) is 5.91 Å². The van der Waals surface area contributed by atoms with Crippen LogP contribution in [0.25, 0.3) is 0 Å². The molecule has 0 atom stereocenters. The zero-order valence-electron chi connectivity index (χ0n) is 9.58. The summed E-state index contributed by atoms with van der Waals surface area (Å²) in [5.41, 5.74) is 5.33. The lowest BCUT2D eigenvalue weighted by Gasteiger charge is -2.09. The summed E-state index contributed by atoms with van der Waals surface area (Å²) in [4.78, 5) is 11.8. The van der Waals surface area contributed by atoms with Crippen LogP contribution in [-0.2, 0) is 0 Å². The number of carbonyl (C=O) groups excluding carboxylic acids is 1. The Balaban J connectivity index is 2.29. The molecule has 0 aromatic heterocycles. The van der Waals surface area contributed by atoms with E-state index in [9.17, 15) is 13.6 Å². The van der Waals surface area contributed by atoms with Gasteiger partial charge in [0.05, 0.1) is 5.69 Å². The van der Waals surface area contributed by atoms with Crippen LogP contribution in [0.3, 0.4) is 0 Å².